The summed E-state index contributed by atoms with van der Waals surface area (Å²) in [5.41, 5.74) is 0. The van der Waals surface area contributed by atoms with Crippen molar-refractivity contribution in [2.45, 2.75) is 51.6 Å². The number of likely N-dealkylation sites (tertiary alicyclic amines) is 1. The molecule has 0 spiro atoms. The van der Waals surface area contributed by atoms with Gasteiger partial charge in [-0.25, -0.2) is 0 Å². The second kappa shape index (κ2) is 10.1. The average molecular weight is 475 g/mol. The predicted molar refractivity (Wildman–Crippen MR) is 112 cm³/mol. The van der Waals surface area contributed by atoms with Gasteiger partial charge in [-0.3, -0.25) is 9.79 Å². The molecule has 0 atom stereocenters. The van der Waals surface area contributed by atoms with Crippen LogP contribution < -0.4 is 10.6 Å². The number of guanidine groups is 1. The summed E-state index contributed by atoms with van der Waals surface area (Å²) in [6.45, 7) is 3.53. The smallest absolute Gasteiger partial charge is 0.220 e. The van der Waals surface area contributed by atoms with Gasteiger partial charge < -0.3 is 20.1 Å². The highest BCUT2D eigenvalue weighted by Crippen LogP contribution is 2.20. The van der Waals surface area contributed by atoms with E-state index in [0.29, 0.717) is 18.9 Å². The zero-order valence-electron chi connectivity index (χ0n) is 15.7. The highest BCUT2D eigenvalue weighted by atomic mass is 127. The molecule has 0 saturated carbocycles. The number of hydrogen-bond donors (Lipinski definition) is 2. The van der Waals surface area contributed by atoms with E-state index in [2.05, 4.69) is 35.3 Å². The number of piperidine rings is 1. The third kappa shape index (κ3) is 5.08. The van der Waals surface area contributed by atoms with Crippen LogP contribution in [-0.2, 0) is 24.3 Å². The van der Waals surface area contributed by atoms with Crippen LogP contribution >= 0.6 is 24.0 Å². The van der Waals surface area contributed by atoms with Crippen LogP contribution in [0, 0.1) is 5.92 Å². The van der Waals surface area contributed by atoms with Gasteiger partial charge in [0.25, 0.3) is 0 Å². The molecule has 2 N–H and O–H groups in total. The maximum absolute atomic E-state index is 11.5. The van der Waals surface area contributed by atoms with E-state index in [1.165, 1.54) is 12.8 Å². The summed E-state index contributed by atoms with van der Waals surface area (Å²) in [6, 6.07) is 0. The van der Waals surface area contributed by atoms with E-state index in [9.17, 15) is 4.79 Å². The van der Waals surface area contributed by atoms with Crippen LogP contribution in [0.3, 0.4) is 0 Å². The van der Waals surface area contributed by atoms with Crippen molar-refractivity contribution in [2.75, 3.05) is 27.2 Å². The maximum atomic E-state index is 11.5. The van der Waals surface area contributed by atoms with Gasteiger partial charge in [0, 0.05) is 46.6 Å². The molecule has 26 heavy (non-hydrogen) atoms. The number of nitrogens with zero attached hydrogens (tertiary/aromatic N) is 5. The summed E-state index contributed by atoms with van der Waals surface area (Å²) >= 11 is 0. The summed E-state index contributed by atoms with van der Waals surface area (Å²) in [6.07, 6.45) is 6.11. The van der Waals surface area contributed by atoms with E-state index >= 15 is 0 Å². The quantitative estimate of drug-likeness (QED) is 0.388. The second-order valence-electron chi connectivity index (χ2n) is 6.85. The highest BCUT2D eigenvalue weighted by Gasteiger charge is 2.23. The number of carbonyl (C=O) groups excluding carboxylic acids is 1. The fraction of sp³-hybridized carbons (Fsp3) is 0.765. The van der Waals surface area contributed by atoms with Crippen molar-refractivity contribution < 1.29 is 4.79 Å². The topological polar surface area (TPSA) is 87.4 Å². The molecule has 1 fully saturated rings. The van der Waals surface area contributed by atoms with E-state index in [0.717, 1.165) is 56.5 Å². The first kappa shape index (κ1) is 20.9. The van der Waals surface area contributed by atoms with Crippen molar-refractivity contribution in [2.24, 2.45) is 10.9 Å². The van der Waals surface area contributed by atoms with Crippen molar-refractivity contribution >= 4 is 35.8 Å². The van der Waals surface area contributed by atoms with E-state index in [4.69, 9.17) is 0 Å². The third-order valence-corrected chi connectivity index (χ3v) is 5.22. The molecule has 1 saturated heterocycles. The molecule has 9 heteroatoms. The summed E-state index contributed by atoms with van der Waals surface area (Å²) in [4.78, 5) is 18.2. The number of aromatic nitrogens is 3. The van der Waals surface area contributed by atoms with Gasteiger partial charge in [0.15, 0.2) is 11.8 Å². The molecule has 3 heterocycles. The Hall–Kier alpha value is -1.39. The largest absolute Gasteiger partial charge is 0.359 e. The number of aliphatic imine (C=N–C) groups is 1. The zero-order chi connectivity index (χ0) is 17.6. The predicted octanol–water partition coefficient (Wildman–Crippen LogP) is 1.16. The van der Waals surface area contributed by atoms with Gasteiger partial charge >= 0.3 is 0 Å². The molecular weight excluding hydrogens is 445 g/mol. The molecule has 1 amide bonds. The number of halogens is 1. The van der Waals surface area contributed by atoms with Crippen molar-refractivity contribution in [1.82, 2.24) is 30.3 Å². The average Bonchev–Trinajstić information content (AvgIpc) is 3.06. The first-order valence-electron chi connectivity index (χ1n) is 9.28. The van der Waals surface area contributed by atoms with Gasteiger partial charge in [0.1, 0.15) is 5.82 Å². The molecule has 0 aliphatic carbocycles. The normalized spacial score (nSPS) is 18.1. The molecule has 146 valence electrons. The molecule has 3 rings (SSSR count). The minimum absolute atomic E-state index is 0. The summed E-state index contributed by atoms with van der Waals surface area (Å²) in [7, 11) is 3.52. The summed E-state index contributed by atoms with van der Waals surface area (Å²) in [5.74, 6) is 3.61. The van der Waals surface area contributed by atoms with E-state index in [-0.39, 0.29) is 29.9 Å². The lowest BCUT2D eigenvalue weighted by atomic mass is 9.93. The zero-order valence-corrected chi connectivity index (χ0v) is 18.0. The Morgan fingerprint density at radius 3 is 2.69 bits per heavy atom. The van der Waals surface area contributed by atoms with E-state index in [1.807, 2.05) is 7.05 Å². The Bertz CT molecular complexity index is 623. The first-order chi connectivity index (χ1) is 12.2. The van der Waals surface area contributed by atoms with E-state index in [1.54, 1.807) is 7.05 Å². The Morgan fingerprint density at radius 2 is 2.00 bits per heavy atom. The number of nitrogens with one attached hydrogen (secondary N) is 2. The number of amides is 1. The number of carbonyl (C=O) groups is 1. The Morgan fingerprint density at radius 1 is 1.23 bits per heavy atom. The fourth-order valence-electron chi connectivity index (χ4n) is 3.70. The molecule has 0 bridgehead atoms. The van der Waals surface area contributed by atoms with Gasteiger partial charge in [-0.2, -0.15) is 0 Å². The Labute approximate surface area is 172 Å². The molecule has 2 aliphatic heterocycles. The van der Waals surface area contributed by atoms with Crippen LogP contribution in [0.2, 0.25) is 0 Å². The molecule has 1 aromatic heterocycles. The lowest BCUT2D eigenvalue weighted by molar-refractivity contribution is -0.121. The minimum atomic E-state index is 0. The van der Waals surface area contributed by atoms with Crippen LogP contribution in [0.1, 0.15) is 43.8 Å². The van der Waals surface area contributed by atoms with Crippen LogP contribution in [0.5, 0.6) is 0 Å². The van der Waals surface area contributed by atoms with Gasteiger partial charge in [-0.1, -0.05) is 0 Å². The van der Waals surface area contributed by atoms with Crippen molar-refractivity contribution in [1.29, 1.82) is 0 Å². The molecule has 8 nitrogen and oxygen atoms in total. The van der Waals surface area contributed by atoms with E-state index < -0.39 is 0 Å². The van der Waals surface area contributed by atoms with Crippen LogP contribution in [0.15, 0.2) is 4.99 Å². The van der Waals surface area contributed by atoms with Crippen molar-refractivity contribution in [3.63, 3.8) is 0 Å². The molecular formula is C17H30IN7O. The summed E-state index contributed by atoms with van der Waals surface area (Å²) < 4.78 is 2.24. The molecule has 0 radical (unpaired) electrons. The molecule has 0 unspecified atom stereocenters. The number of fused-ring (bicyclic) bond motifs is 1. The molecule has 0 aromatic carbocycles. The highest BCUT2D eigenvalue weighted by molar-refractivity contribution is 14.0. The number of rotatable bonds is 4. The minimum Gasteiger partial charge on any atom is -0.359 e. The van der Waals surface area contributed by atoms with Gasteiger partial charge in [0.05, 0.1) is 6.54 Å². The number of hydrogen-bond acceptors (Lipinski definition) is 4. The third-order valence-electron chi connectivity index (χ3n) is 5.22. The van der Waals surface area contributed by atoms with Gasteiger partial charge in [-0.05, 0) is 31.6 Å². The Kier molecular flexibility index (Phi) is 8.11. The lowest BCUT2D eigenvalue weighted by Gasteiger charge is -2.34. The van der Waals surface area contributed by atoms with Crippen LogP contribution in [-0.4, -0.2) is 58.7 Å². The second-order valence-corrected chi connectivity index (χ2v) is 6.85. The SMILES string of the molecule is CN=C(NCc1nnc2n1CCCC2)N1CCC(CC(=O)NC)CC1.I. The maximum Gasteiger partial charge on any atom is 0.220 e. The molecule has 1 aromatic rings. The first-order valence-corrected chi connectivity index (χ1v) is 9.28. The van der Waals surface area contributed by atoms with Crippen molar-refractivity contribution in [3.8, 4) is 0 Å². The Balaban J connectivity index is 0.00000243. The molecule has 2 aliphatic rings. The monoisotopic (exact) mass is 475 g/mol. The van der Waals surface area contributed by atoms with Crippen molar-refractivity contribution in [3.05, 3.63) is 11.6 Å². The lowest BCUT2D eigenvalue weighted by Crippen LogP contribution is -2.46. The number of aryl methyl sites for hydroxylation is 1. The van der Waals surface area contributed by atoms with Crippen LogP contribution in [0.25, 0.3) is 0 Å². The van der Waals surface area contributed by atoms with Gasteiger partial charge in [0.2, 0.25) is 5.91 Å². The van der Waals surface area contributed by atoms with Gasteiger partial charge in [-0.15, -0.1) is 34.2 Å². The summed E-state index contributed by atoms with van der Waals surface area (Å²) in [5, 5.41) is 14.8. The standard InChI is InChI=1S/C17H29N7O.HI/c1-18-16(25)11-13-6-9-23(10-7-13)17(19-2)20-12-15-22-21-14-5-3-4-8-24(14)15;/h13H,3-12H2,1-2H3,(H,18,25)(H,19,20);1H. The van der Waals surface area contributed by atoms with Crippen LogP contribution in [0.4, 0.5) is 0 Å². The fourth-order valence-corrected chi connectivity index (χ4v) is 3.70.